The van der Waals surface area contributed by atoms with E-state index in [4.69, 9.17) is 5.26 Å². The van der Waals surface area contributed by atoms with E-state index < -0.39 is 0 Å². The lowest BCUT2D eigenvalue weighted by molar-refractivity contribution is 0.493. The maximum atomic E-state index is 9.07. The Kier molecular flexibility index (Phi) is 5.33. The molecular weight excluding hydrogens is 248 g/mol. The third-order valence-corrected chi connectivity index (χ3v) is 3.18. The molecule has 1 heterocycles. The number of rotatable bonds is 7. The molecule has 0 aliphatic heterocycles. The SMILES string of the molecule is CCCNC(C#N)CCn1cc(-c2ccccc2)cn1. The van der Waals surface area contributed by atoms with Gasteiger partial charge in [0, 0.05) is 18.3 Å². The number of hydrogen-bond donors (Lipinski definition) is 1. The van der Waals surface area contributed by atoms with Crippen molar-refractivity contribution >= 4 is 0 Å². The van der Waals surface area contributed by atoms with Gasteiger partial charge in [0.15, 0.2) is 0 Å². The van der Waals surface area contributed by atoms with Crippen LogP contribution < -0.4 is 5.32 Å². The molecule has 0 spiro atoms. The van der Waals surface area contributed by atoms with E-state index in [0.29, 0.717) is 0 Å². The van der Waals surface area contributed by atoms with Crippen LogP contribution in [0.25, 0.3) is 11.1 Å². The third-order valence-electron chi connectivity index (χ3n) is 3.18. The molecule has 1 aromatic heterocycles. The molecule has 4 nitrogen and oxygen atoms in total. The Morgan fingerprint density at radius 2 is 2.10 bits per heavy atom. The van der Waals surface area contributed by atoms with Gasteiger partial charge in [0.25, 0.3) is 0 Å². The molecule has 4 heteroatoms. The van der Waals surface area contributed by atoms with Gasteiger partial charge in [-0.25, -0.2) is 0 Å². The zero-order valence-electron chi connectivity index (χ0n) is 11.8. The van der Waals surface area contributed by atoms with Gasteiger partial charge in [0.1, 0.15) is 0 Å². The van der Waals surface area contributed by atoms with Gasteiger partial charge in [-0.3, -0.25) is 4.68 Å². The largest absolute Gasteiger partial charge is 0.302 e. The Hall–Kier alpha value is -2.12. The van der Waals surface area contributed by atoms with Crippen molar-refractivity contribution in [1.82, 2.24) is 15.1 Å². The monoisotopic (exact) mass is 268 g/mol. The van der Waals surface area contributed by atoms with Crippen LogP contribution in [0.3, 0.4) is 0 Å². The van der Waals surface area contributed by atoms with Crippen LogP contribution in [-0.2, 0) is 6.54 Å². The number of nitrogens with one attached hydrogen (secondary N) is 1. The summed E-state index contributed by atoms with van der Waals surface area (Å²) in [7, 11) is 0. The van der Waals surface area contributed by atoms with Gasteiger partial charge in [-0.2, -0.15) is 10.4 Å². The van der Waals surface area contributed by atoms with Gasteiger partial charge >= 0.3 is 0 Å². The second-order valence-electron chi connectivity index (χ2n) is 4.78. The highest BCUT2D eigenvalue weighted by Crippen LogP contribution is 2.17. The van der Waals surface area contributed by atoms with E-state index in [-0.39, 0.29) is 6.04 Å². The first-order chi connectivity index (χ1) is 9.83. The molecule has 0 aliphatic rings. The van der Waals surface area contributed by atoms with Crippen molar-refractivity contribution in [2.45, 2.75) is 32.4 Å². The maximum Gasteiger partial charge on any atom is 0.0970 e. The fourth-order valence-electron chi connectivity index (χ4n) is 2.06. The number of nitriles is 1. The van der Waals surface area contributed by atoms with Crippen LogP contribution in [0.5, 0.6) is 0 Å². The van der Waals surface area contributed by atoms with Crippen molar-refractivity contribution in [3.8, 4) is 17.2 Å². The van der Waals surface area contributed by atoms with E-state index in [1.807, 2.05) is 35.3 Å². The van der Waals surface area contributed by atoms with Crippen LogP contribution in [0.4, 0.5) is 0 Å². The van der Waals surface area contributed by atoms with Crippen molar-refractivity contribution in [2.75, 3.05) is 6.54 Å². The predicted octanol–water partition coefficient (Wildman–Crippen LogP) is 2.83. The van der Waals surface area contributed by atoms with E-state index in [1.165, 1.54) is 5.56 Å². The minimum Gasteiger partial charge on any atom is -0.302 e. The maximum absolute atomic E-state index is 9.07. The Morgan fingerprint density at radius 3 is 2.80 bits per heavy atom. The third kappa shape index (κ3) is 3.94. The van der Waals surface area contributed by atoms with E-state index >= 15 is 0 Å². The van der Waals surface area contributed by atoms with Gasteiger partial charge in [-0.05, 0) is 24.9 Å². The molecule has 0 saturated heterocycles. The summed E-state index contributed by atoms with van der Waals surface area (Å²) in [5.41, 5.74) is 2.28. The lowest BCUT2D eigenvalue weighted by Crippen LogP contribution is -2.29. The van der Waals surface area contributed by atoms with Crippen molar-refractivity contribution in [3.63, 3.8) is 0 Å². The molecule has 20 heavy (non-hydrogen) atoms. The van der Waals surface area contributed by atoms with Gasteiger partial charge in [-0.15, -0.1) is 0 Å². The van der Waals surface area contributed by atoms with Crippen LogP contribution in [0.2, 0.25) is 0 Å². The summed E-state index contributed by atoms with van der Waals surface area (Å²) in [6.45, 7) is 3.73. The van der Waals surface area contributed by atoms with Crippen LogP contribution in [-0.4, -0.2) is 22.4 Å². The molecular formula is C16H20N4. The lowest BCUT2D eigenvalue weighted by Gasteiger charge is -2.10. The second-order valence-corrected chi connectivity index (χ2v) is 4.78. The first kappa shape index (κ1) is 14.3. The van der Waals surface area contributed by atoms with Crippen molar-refractivity contribution in [2.24, 2.45) is 0 Å². The van der Waals surface area contributed by atoms with Crippen molar-refractivity contribution in [1.29, 1.82) is 5.26 Å². The number of nitrogens with zero attached hydrogens (tertiary/aromatic N) is 3. The highest BCUT2D eigenvalue weighted by Gasteiger charge is 2.07. The first-order valence-electron chi connectivity index (χ1n) is 7.04. The minimum absolute atomic E-state index is 0.0978. The molecule has 0 saturated carbocycles. The lowest BCUT2D eigenvalue weighted by atomic mass is 10.1. The number of benzene rings is 1. The molecule has 1 atom stereocenters. The molecule has 0 aliphatic carbocycles. The molecule has 0 amide bonds. The average Bonchev–Trinajstić information content (AvgIpc) is 2.97. The summed E-state index contributed by atoms with van der Waals surface area (Å²) >= 11 is 0. The zero-order chi connectivity index (χ0) is 14.2. The summed E-state index contributed by atoms with van der Waals surface area (Å²) in [5, 5.41) is 16.7. The Bertz CT molecular complexity index is 553. The molecule has 104 valence electrons. The van der Waals surface area contributed by atoms with Gasteiger partial charge in [-0.1, -0.05) is 37.3 Å². The Morgan fingerprint density at radius 1 is 1.30 bits per heavy atom. The molecule has 2 rings (SSSR count). The molecule has 2 aromatic rings. The minimum atomic E-state index is -0.0978. The zero-order valence-corrected chi connectivity index (χ0v) is 11.8. The highest BCUT2D eigenvalue weighted by molar-refractivity contribution is 5.61. The number of aromatic nitrogens is 2. The highest BCUT2D eigenvalue weighted by atomic mass is 15.3. The average molecular weight is 268 g/mol. The Labute approximate surface area is 120 Å². The summed E-state index contributed by atoms with van der Waals surface area (Å²) in [5.74, 6) is 0. The topological polar surface area (TPSA) is 53.6 Å². The summed E-state index contributed by atoms with van der Waals surface area (Å²) in [4.78, 5) is 0. The predicted molar refractivity (Wildman–Crippen MR) is 80.0 cm³/mol. The van der Waals surface area contributed by atoms with Crippen LogP contribution >= 0.6 is 0 Å². The van der Waals surface area contributed by atoms with Crippen LogP contribution in [0, 0.1) is 11.3 Å². The van der Waals surface area contributed by atoms with Crippen LogP contribution in [0.15, 0.2) is 42.7 Å². The molecule has 1 aromatic carbocycles. The van der Waals surface area contributed by atoms with E-state index in [1.54, 1.807) is 0 Å². The summed E-state index contributed by atoms with van der Waals surface area (Å²) in [6.07, 6.45) is 5.71. The Balaban J connectivity index is 1.92. The van der Waals surface area contributed by atoms with Gasteiger partial charge < -0.3 is 5.32 Å². The summed E-state index contributed by atoms with van der Waals surface area (Å²) < 4.78 is 1.90. The number of hydrogen-bond acceptors (Lipinski definition) is 3. The van der Waals surface area contributed by atoms with Crippen molar-refractivity contribution in [3.05, 3.63) is 42.7 Å². The van der Waals surface area contributed by atoms with E-state index in [2.05, 4.69) is 35.5 Å². The molecule has 1 unspecified atom stereocenters. The van der Waals surface area contributed by atoms with Gasteiger partial charge in [0.05, 0.1) is 18.3 Å². The van der Waals surface area contributed by atoms with Crippen LogP contribution in [0.1, 0.15) is 19.8 Å². The van der Waals surface area contributed by atoms with E-state index in [9.17, 15) is 0 Å². The molecule has 0 bridgehead atoms. The molecule has 0 radical (unpaired) electrons. The van der Waals surface area contributed by atoms with Gasteiger partial charge in [0.2, 0.25) is 0 Å². The standard InChI is InChI=1S/C16H20N4/c1-2-9-18-16(11-17)8-10-20-13-15(12-19-20)14-6-4-3-5-7-14/h3-7,12-13,16,18H,2,8-10H2,1H3. The smallest absolute Gasteiger partial charge is 0.0970 e. The second kappa shape index (κ2) is 7.46. The normalized spacial score (nSPS) is 12.0. The summed E-state index contributed by atoms with van der Waals surface area (Å²) in [6, 6.07) is 12.4. The quantitative estimate of drug-likeness (QED) is 0.840. The van der Waals surface area contributed by atoms with E-state index in [0.717, 1.165) is 31.5 Å². The van der Waals surface area contributed by atoms with Crippen molar-refractivity contribution < 1.29 is 0 Å². The molecule has 1 N–H and O–H groups in total. The molecule has 0 fully saturated rings. The fourth-order valence-corrected chi connectivity index (χ4v) is 2.06. The first-order valence-corrected chi connectivity index (χ1v) is 7.04. The number of aryl methyl sites for hydroxylation is 1. The fraction of sp³-hybridized carbons (Fsp3) is 0.375.